The van der Waals surface area contributed by atoms with Crippen molar-refractivity contribution in [2.75, 3.05) is 0 Å². The fourth-order valence-electron chi connectivity index (χ4n) is 2.39. The first-order valence-corrected chi connectivity index (χ1v) is 6.09. The minimum absolute atomic E-state index is 0.160. The molecule has 3 rings (SSSR count). The minimum Gasteiger partial charge on any atom is -0.454 e. The summed E-state index contributed by atoms with van der Waals surface area (Å²) in [5.41, 5.74) is 4.02. The Morgan fingerprint density at radius 2 is 1.94 bits per heavy atom. The van der Waals surface area contributed by atoms with Crippen LogP contribution >= 0.6 is 0 Å². The van der Waals surface area contributed by atoms with Crippen molar-refractivity contribution >= 4 is 5.97 Å². The van der Waals surface area contributed by atoms with E-state index in [0.717, 1.165) is 17.5 Å². The minimum atomic E-state index is -0.219. The van der Waals surface area contributed by atoms with Gasteiger partial charge in [0.25, 0.3) is 0 Å². The zero-order valence-electron chi connectivity index (χ0n) is 10.2. The maximum atomic E-state index is 11.9. The molecule has 1 heterocycles. The molecule has 2 aromatic carbocycles. The number of hydrogen-bond acceptors (Lipinski definition) is 2. The highest BCUT2D eigenvalue weighted by atomic mass is 16.5. The van der Waals surface area contributed by atoms with Gasteiger partial charge in [0.15, 0.2) is 0 Å². The molecule has 90 valence electrons. The number of ether oxygens (including phenoxy) is 1. The van der Waals surface area contributed by atoms with Gasteiger partial charge in [-0.1, -0.05) is 48.0 Å². The van der Waals surface area contributed by atoms with Crippen LogP contribution < -0.4 is 0 Å². The van der Waals surface area contributed by atoms with Crippen LogP contribution in [0.25, 0.3) is 0 Å². The Morgan fingerprint density at radius 1 is 1.11 bits per heavy atom. The Kier molecular flexibility index (Phi) is 2.63. The van der Waals surface area contributed by atoms with Crippen LogP contribution in [0.4, 0.5) is 0 Å². The average molecular weight is 238 g/mol. The number of carbonyl (C=O) groups is 1. The third-order valence-electron chi connectivity index (χ3n) is 3.31. The lowest BCUT2D eigenvalue weighted by molar-refractivity contribution is 0.0252. The molecule has 0 bridgehead atoms. The van der Waals surface area contributed by atoms with Crippen molar-refractivity contribution in [1.29, 1.82) is 0 Å². The predicted octanol–water partition coefficient (Wildman–Crippen LogP) is 3.45. The van der Waals surface area contributed by atoms with Crippen molar-refractivity contribution in [3.63, 3.8) is 0 Å². The van der Waals surface area contributed by atoms with Gasteiger partial charge in [0.1, 0.15) is 6.10 Å². The van der Waals surface area contributed by atoms with E-state index in [1.165, 1.54) is 5.56 Å². The third kappa shape index (κ3) is 1.90. The van der Waals surface area contributed by atoms with Gasteiger partial charge in [-0.15, -0.1) is 0 Å². The van der Waals surface area contributed by atoms with E-state index in [-0.39, 0.29) is 12.1 Å². The number of hydrogen-bond donors (Lipinski definition) is 0. The highest BCUT2D eigenvalue weighted by molar-refractivity contribution is 5.92. The summed E-state index contributed by atoms with van der Waals surface area (Å²) in [6.07, 6.45) is 0.595. The Bertz CT molecular complexity index is 602. The van der Waals surface area contributed by atoms with E-state index in [4.69, 9.17) is 4.74 Å². The molecule has 0 fully saturated rings. The number of carbonyl (C=O) groups excluding carboxylic acids is 1. The zero-order chi connectivity index (χ0) is 12.5. The van der Waals surface area contributed by atoms with Gasteiger partial charge in [0.2, 0.25) is 0 Å². The van der Waals surface area contributed by atoms with Crippen LogP contribution in [0.3, 0.4) is 0 Å². The lowest BCUT2D eigenvalue weighted by Crippen LogP contribution is -2.21. The summed E-state index contributed by atoms with van der Waals surface area (Å²) in [5, 5.41) is 0. The molecule has 18 heavy (non-hydrogen) atoms. The summed E-state index contributed by atoms with van der Waals surface area (Å²) in [6.45, 7) is 2.04. The Hall–Kier alpha value is -2.09. The van der Waals surface area contributed by atoms with Gasteiger partial charge in [0.05, 0.1) is 5.56 Å². The SMILES string of the molecule is Cc1cccc([C@H]2Cc3ccccc3C(=O)O2)c1. The summed E-state index contributed by atoms with van der Waals surface area (Å²) in [5.74, 6) is -0.219. The number of fused-ring (bicyclic) bond motifs is 1. The lowest BCUT2D eigenvalue weighted by atomic mass is 9.94. The van der Waals surface area contributed by atoms with E-state index in [9.17, 15) is 4.79 Å². The smallest absolute Gasteiger partial charge is 0.339 e. The lowest BCUT2D eigenvalue weighted by Gasteiger charge is -2.25. The maximum Gasteiger partial charge on any atom is 0.339 e. The molecule has 2 aromatic rings. The first-order chi connectivity index (χ1) is 8.74. The molecule has 0 saturated heterocycles. The van der Waals surface area contributed by atoms with Crippen LogP contribution in [-0.4, -0.2) is 5.97 Å². The number of esters is 1. The van der Waals surface area contributed by atoms with Gasteiger partial charge < -0.3 is 4.74 Å². The van der Waals surface area contributed by atoms with Gasteiger partial charge in [-0.25, -0.2) is 4.79 Å². The van der Waals surface area contributed by atoms with Gasteiger partial charge in [0, 0.05) is 6.42 Å². The first kappa shape index (κ1) is 11.0. The summed E-state index contributed by atoms with van der Waals surface area (Å²) in [4.78, 5) is 11.9. The van der Waals surface area contributed by atoms with Crippen LogP contribution in [0.5, 0.6) is 0 Å². The maximum absolute atomic E-state index is 11.9. The predicted molar refractivity (Wildman–Crippen MR) is 69.5 cm³/mol. The molecular formula is C16H14O2. The Balaban J connectivity index is 1.97. The van der Waals surface area contributed by atoms with E-state index in [0.29, 0.717) is 5.56 Å². The molecule has 0 saturated carbocycles. The van der Waals surface area contributed by atoms with Gasteiger partial charge >= 0.3 is 5.97 Å². The average Bonchev–Trinajstić information content (AvgIpc) is 2.39. The summed E-state index contributed by atoms with van der Waals surface area (Å²) >= 11 is 0. The molecule has 1 aliphatic rings. The number of rotatable bonds is 1. The second kappa shape index (κ2) is 4.30. The standard InChI is InChI=1S/C16H14O2/c1-11-5-4-7-13(9-11)15-10-12-6-2-3-8-14(12)16(17)18-15/h2-9,15H,10H2,1H3/t15-/m1/s1. The first-order valence-electron chi connectivity index (χ1n) is 6.09. The summed E-state index contributed by atoms with van der Waals surface area (Å²) in [6, 6.07) is 15.8. The molecule has 2 heteroatoms. The van der Waals surface area contributed by atoms with Crippen molar-refractivity contribution in [2.24, 2.45) is 0 Å². The van der Waals surface area contributed by atoms with E-state index in [2.05, 4.69) is 6.07 Å². The van der Waals surface area contributed by atoms with Crippen LogP contribution in [0.15, 0.2) is 48.5 Å². The molecule has 0 unspecified atom stereocenters. The quantitative estimate of drug-likeness (QED) is 0.711. The van der Waals surface area contributed by atoms with Crippen molar-refractivity contribution in [3.05, 3.63) is 70.8 Å². The monoisotopic (exact) mass is 238 g/mol. The zero-order valence-corrected chi connectivity index (χ0v) is 10.2. The molecule has 0 aliphatic carbocycles. The van der Waals surface area contributed by atoms with Crippen molar-refractivity contribution in [2.45, 2.75) is 19.4 Å². The summed E-state index contributed by atoms with van der Waals surface area (Å²) in [7, 11) is 0. The normalized spacial score (nSPS) is 18.1. The topological polar surface area (TPSA) is 26.3 Å². The van der Waals surface area contributed by atoms with E-state index in [1.807, 2.05) is 49.4 Å². The molecule has 0 aromatic heterocycles. The van der Waals surface area contributed by atoms with Crippen molar-refractivity contribution in [1.82, 2.24) is 0 Å². The van der Waals surface area contributed by atoms with Crippen molar-refractivity contribution in [3.8, 4) is 0 Å². The molecule has 0 N–H and O–H groups in total. The van der Waals surface area contributed by atoms with Crippen molar-refractivity contribution < 1.29 is 9.53 Å². The van der Waals surface area contributed by atoms with Gasteiger partial charge in [-0.2, -0.15) is 0 Å². The highest BCUT2D eigenvalue weighted by Crippen LogP contribution is 2.30. The fraction of sp³-hybridized carbons (Fsp3) is 0.188. The van der Waals surface area contributed by atoms with Crippen LogP contribution in [-0.2, 0) is 11.2 Å². The largest absolute Gasteiger partial charge is 0.454 e. The molecule has 0 radical (unpaired) electrons. The van der Waals surface area contributed by atoms with E-state index >= 15 is 0 Å². The fourth-order valence-corrected chi connectivity index (χ4v) is 2.39. The Labute approximate surface area is 106 Å². The van der Waals surface area contributed by atoms with E-state index in [1.54, 1.807) is 0 Å². The second-order valence-electron chi connectivity index (χ2n) is 4.67. The molecular weight excluding hydrogens is 224 g/mol. The third-order valence-corrected chi connectivity index (χ3v) is 3.31. The van der Waals surface area contributed by atoms with Gasteiger partial charge in [-0.3, -0.25) is 0 Å². The number of aryl methyl sites for hydroxylation is 1. The molecule has 0 amide bonds. The molecule has 2 nitrogen and oxygen atoms in total. The molecule has 1 atom stereocenters. The van der Waals surface area contributed by atoms with Crippen LogP contribution in [0.2, 0.25) is 0 Å². The van der Waals surface area contributed by atoms with Crippen LogP contribution in [0, 0.1) is 6.92 Å². The summed E-state index contributed by atoms with van der Waals surface area (Å²) < 4.78 is 5.51. The van der Waals surface area contributed by atoms with Gasteiger partial charge in [-0.05, 0) is 24.1 Å². The van der Waals surface area contributed by atoms with E-state index < -0.39 is 0 Å². The van der Waals surface area contributed by atoms with Crippen LogP contribution in [0.1, 0.15) is 33.2 Å². The second-order valence-corrected chi connectivity index (χ2v) is 4.67. The highest BCUT2D eigenvalue weighted by Gasteiger charge is 2.26. The number of cyclic esters (lactones) is 1. The number of benzene rings is 2. The molecule has 0 spiro atoms. The Morgan fingerprint density at radius 3 is 2.78 bits per heavy atom. The molecule has 1 aliphatic heterocycles.